The van der Waals surface area contributed by atoms with E-state index in [9.17, 15) is 18.7 Å². The first-order chi connectivity index (χ1) is 9.49. The fourth-order valence-corrected chi connectivity index (χ4v) is 1.40. The van der Waals surface area contributed by atoms with E-state index in [0.717, 1.165) is 19.2 Å². The molecule has 1 aromatic rings. The molecular weight excluding hydrogens is 281 g/mol. The fraction of sp³-hybridized carbons (Fsp3) is 0.500. The van der Waals surface area contributed by atoms with Crippen molar-refractivity contribution in [1.82, 2.24) is 0 Å². The first-order valence-electron chi connectivity index (χ1n) is 6.42. The van der Waals surface area contributed by atoms with E-state index in [1.165, 1.54) is 0 Å². The van der Waals surface area contributed by atoms with E-state index in [1.807, 2.05) is 0 Å². The van der Waals surface area contributed by atoms with E-state index in [0.29, 0.717) is 0 Å². The van der Waals surface area contributed by atoms with Crippen molar-refractivity contribution in [3.63, 3.8) is 0 Å². The molecule has 0 amide bonds. The third-order valence-electron chi connectivity index (χ3n) is 3.60. The van der Waals surface area contributed by atoms with Gasteiger partial charge in [-0.3, -0.25) is 0 Å². The van der Waals surface area contributed by atoms with E-state index < -0.39 is 34.4 Å². The minimum absolute atomic E-state index is 0.0440. The first kappa shape index (κ1) is 17.6. The maximum absolute atomic E-state index is 13.9. The van der Waals surface area contributed by atoms with Crippen LogP contribution in [0, 0.1) is 11.6 Å². The molecule has 0 aliphatic carbocycles. The van der Waals surface area contributed by atoms with Crippen LogP contribution in [0.4, 0.5) is 8.78 Å². The summed E-state index contributed by atoms with van der Waals surface area (Å²) in [7, 11) is 0.851. The minimum atomic E-state index is -1.16. The van der Waals surface area contributed by atoms with Crippen LogP contribution in [0.1, 0.15) is 38.1 Å². The average Bonchev–Trinajstić information content (AvgIpc) is 2.37. The Morgan fingerprint density at radius 2 is 1.76 bits per heavy atom. The molecule has 0 aromatic heterocycles. The Balaban J connectivity index is 2.97. The molecule has 0 fully saturated rings. The maximum Gasteiger partial charge on any atom is 0.340 e. The van der Waals surface area contributed by atoms with Crippen molar-refractivity contribution in [1.29, 1.82) is 0 Å². The molecule has 0 spiro atoms. The summed E-state index contributed by atoms with van der Waals surface area (Å²) in [5.74, 6) is -2.61. The predicted molar refractivity (Wildman–Crippen MR) is 75.9 cm³/mol. The third kappa shape index (κ3) is 4.01. The Labute approximate surface area is 123 Å². The van der Waals surface area contributed by atoms with Crippen molar-refractivity contribution >= 4 is 18.9 Å². The van der Waals surface area contributed by atoms with E-state index in [2.05, 4.69) is 4.74 Å². The molecule has 0 radical (unpaired) electrons. The van der Waals surface area contributed by atoms with Gasteiger partial charge < -0.3 is 14.5 Å². The van der Waals surface area contributed by atoms with Crippen LogP contribution in [0.5, 0.6) is 0 Å². The van der Waals surface area contributed by atoms with Gasteiger partial charge in [-0.2, -0.15) is 0 Å². The van der Waals surface area contributed by atoms with E-state index in [-0.39, 0.29) is 12.9 Å². The predicted octanol–water partition coefficient (Wildman–Crippen LogP) is 1.29. The van der Waals surface area contributed by atoms with Crippen LogP contribution in [0.3, 0.4) is 0 Å². The van der Waals surface area contributed by atoms with Gasteiger partial charge in [-0.05, 0) is 45.3 Å². The fourth-order valence-electron chi connectivity index (χ4n) is 1.40. The molecule has 0 aliphatic heterocycles. The molecule has 1 N–H and O–H groups in total. The van der Waals surface area contributed by atoms with Crippen molar-refractivity contribution in [2.45, 2.75) is 38.9 Å². The molecule has 0 bridgehead atoms. The number of aliphatic hydroxyl groups is 1. The number of hydrogen-bond donors (Lipinski definition) is 1. The van der Waals surface area contributed by atoms with Crippen LogP contribution in [-0.4, -0.2) is 36.9 Å². The van der Waals surface area contributed by atoms with Gasteiger partial charge in [0, 0.05) is 0 Å². The quantitative estimate of drug-likeness (QED) is 0.658. The number of rotatable bonds is 5. The number of hydrogen-bond acceptors (Lipinski definition) is 4. The summed E-state index contributed by atoms with van der Waals surface area (Å²) in [6.45, 7) is 6.41. The lowest BCUT2D eigenvalue weighted by molar-refractivity contribution is -0.0893. The molecule has 7 heteroatoms. The van der Waals surface area contributed by atoms with Gasteiger partial charge in [-0.15, -0.1) is 0 Å². The lowest BCUT2D eigenvalue weighted by atomic mass is 9.82. The number of ether oxygens (including phenoxy) is 1. The SMILES string of the molecule is COC(=O)c1cc(F)c(BOC(C)(C)C(C)(C)O)cc1F. The lowest BCUT2D eigenvalue weighted by Crippen LogP contribution is -2.49. The van der Waals surface area contributed by atoms with Crippen molar-refractivity contribution < 1.29 is 28.1 Å². The largest absolute Gasteiger partial charge is 0.465 e. The van der Waals surface area contributed by atoms with E-state index in [1.54, 1.807) is 27.7 Å². The minimum Gasteiger partial charge on any atom is -0.465 e. The molecule has 21 heavy (non-hydrogen) atoms. The summed E-state index contributed by atoms with van der Waals surface area (Å²) >= 11 is 0. The van der Waals surface area contributed by atoms with Crippen molar-refractivity contribution in [3.05, 3.63) is 29.3 Å². The van der Waals surface area contributed by atoms with Gasteiger partial charge in [0.1, 0.15) is 11.6 Å². The van der Waals surface area contributed by atoms with Crippen molar-refractivity contribution in [2.24, 2.45) is 0 Å². The summed E-state index contributed by atoms with van der Waals surface area (Å²) in [5.41, 5.74) is -2.64. The lowest BCUT2D eigenvalue weighted by Gasteiger charge is -2.37. The standard InChI is InChI=1S/C14H19BF2O4/c1-13(2,19)14(3,4)21-15-9-7-10(16)8(6-11(9)17)12(18)20-5/h6-7,15,19H,1-5H3. The Bertz CT molecular complexity index is 539. The van der Waals surface area contributed by atoms with Crippen LogP contribution < -0.4 is 5.46 Å². The van der Waals surface area contributed by atoms with Crippen LogP contribution in [0.2, 0.25) is 0 Å². The Morgan fingerprint density at radius 3 is 2.24 bits per heavy atom. The summed E-state index contributed by atoms with van der Waals surface area (Å²) in [6, 6.07) is 1.67. The topological polar surface area (TPSA) is 55.8 Å². The number of halogens is 2. The number of esters is 1. The normalized spacial score (nSPS) is 12.2. The van der Waals surface area contributed by atoms with Crippen LogP contribution >= 0.6 is 0 Å². The van der Waals surface area contributed by atoms with Crippen LogP contribution in [0.25, 0.3) is 0 Å². The zero-order chi connectivity index (χ0) is 16.4. The zero-order valence-corrected chi connectivity index (χ0v) is 12.8. The van der Waals surface area contributed by atoms with Gasteiger partial charge in [0.2, 0.25) is 0 Å². The summed E-state index contributed by atoms with van der Waals surface area (Å²) in [4.78, 5) is 11.3. The van der Waals surface area contributed by atoms with Gasteiger partial charge in [0.25, 0.3) is 0 Å². The van der Waals surface area contributed by atoms with Gasteiger partial charge in [-0.25, -0.2) is 13.6 Å². The molecule has 0 saturated heterocycles. The Morgan fingerprint density at radius 1 is 1.19 bits per heavy atom. The molecule has 0 aliphatic rings. The molecule has 4 nitrogen and oxygen atoms in total. The van der Waals surface area contributed by atoms with E-state index in [4.69, 9.17) is 4.65 Å². The smallest absolute Gasteiger partial charge is 0.340 e. The van der Waals surface area contributed by atoms with Gasteiger partial charge in [0.15, 0.2) is 0 Å². The molecule has 1 aromatic carbocycles. The van der Waals surface area contributed by atoms with Gasteiger partial charge in [0.05, 0.1) is 23.9 Å². The summed E-state index contributed by atoms with van der Waals surface area (Å²) < 4.78 is 37.5. The molecule has 0 unspecified atom stereocenters. The third-order valence-corrected chi connectivity index (χ3v) is 3.60. The average molecular weight is 300 g/mol. The second kappa shape index (κ2) is 6.11. The van der Waals surface area contributed by atoms with Gasteiger partial charge >= 0.3 is 13.5 Å². The Kier molecular flexibility index (Phi) is 5.12. The number of methoxy groups -OCH3 is 1. The highest BCUT2D eigenvalue weighted by molar-refractivity contribution is 6.47. The maximum atomic E-state index is 13.9. The van der Waals surface area contributed by atoms with Gasteiger partial charge in [-0.1, -0.05) is 0 Å². The summed E-state index contributed by atoms with van der Waals surface area (Å²) in [5, 5.41) is 9.94. The number of carbonyl (C=O) groups excluding carboxylic acids is 1. The highest BCUT2D eigenvalue weighted by Gasteiger charge is 2.36. The molecule has 0 saturated carbocycles. The molecule has 116 valence electrons. The van der Waals surface area contributed by atoms with Crippen LogP contribution in [-0.2, 0) is 9.39 Å². The second-order valence-electron chi connectivity index (χ2n) is 5.77. The van der Waals surface area contributed by atoms with Crippen LogP contribution in [0.15, 0.2) is 12.1 Å². The molecule has 0 heterocycles. The molecular formula is C14H19BF2O4. The molecule has 1 rings (SSSR count). The highest BCUT2D eigenvalue weighted by atomic mass is 19.1. The summed E-state index contributed by atoms with van der Waals surface area (Å²) in [6.07, 6.45) is 0. The Hall–Kier alpha value is -1.47. The van der Waals surface area contributed by atoms with E-state index >= 15 is 0 Å². The van der Waals surface area contributed by atoms with Crippen molar-refractivity contribution in [3.8, 4) is 0 Å². The number of benzene rings is 1. The van der Waals surface area contributed by atoms with Crippen molar-refractivity contribution in [2.75, 3.05) is 7.11 Å². The highest BCUT2D eigenvalue weighted by Crippen LogP contribution is 2.24. The zero-order valence-electron chi connectivity index (χ0n) is 12.8. The second-order valence-corrected chi connectivity index (χ2v) is 5.77. The molecule has 0 atom stereocenters. The monoisotopic (exact) mass is 300 g/mol. The number of carbonyl (C=O) groups is 1. The first-order valence-corrected chi connectivity index (χ1v) is 6.42.